The lowest BCUT2D eigenvalue weighted by Gasteiger charge is -2.30. The van der Waals surface area contributed by atoms with Gasteiger partial charge in [0.05, 0.1) is 11.0 Å². The minimum absolute atomic E-state index is 0.0380. The molecule has 0 spiro atoms. The van der Waals surface area contributed by atoms with E-state index in [2.05, 4.69) is 30.9 Å². The van der Waals surface area contributed by atoms with E-state index in [1.54, 1.807) is 12.1 Å². The average molecular weight is 458 g/mol. The quantitative estimate of drug-likeness (QED) is 0.405. The van der Waals surface area contributed by atoms with Gasteiger partial charge in [0.25, 0.3) is 5.69 Å². The molecule has 0 bridgehead atoms. The third-order valence-electron chi connectivity index (χ3n) is 4.52. The van der Waals surface area contributed by atoms with E-state index in [0.717, 1.165) is 22.0 Å². The normalized spacial score (nSPS) is 11.8. The van der Waals surface area contributed by atoms with Crippen LogP contribution in [0.25, 0.3) is 0 Å². The SMILES string of the molecule is C[C@@H](c1ccc([N+](=O)[O-])cc1)N(CCc1ccc(Br)cc1)c1nc(N)nc(N)n1. The molecule has 29 heavy (non-hydrogen) atoms. The lowest BCUT2D eigenvalue weighted by atomic mass is 10.1. The number of halogens is 1. The summed E-state index contributed by atoms with van der Waals surface area (Å²) in [6.45, 7) is 2.56. The van der Waals surface area contributed by atoms with Gasteiger partial charge in [-0.1, -0.05) is 40.2 Å². The Morgan fingerprint density at radius 3 is 2.17 bits per heavy atom. The Morgan fingerprint density at radius 1 is 1.03 bits per heavy atom. The number of nitrogens with zero attached hydrogens (tertiary/aromatic N) is 5. The Labute approximate surface area is 176 Å². The first-order valence-electron chi connectivity index (χ1n) is 8.86. The van der Waals surface area contributed by atoms with Crippen molar-refractivity contribution >= 4 is 39.5 Å². The van der Waals surface area contributed by atoms with E-state index in [0.29, 0.717) is 12.5 Å². The summed E-state index contributed by atoms with van der Waals surface area (Å²) in [5.74, 6) is 0.437. The van der Waals surface area contributed by atoms with Gasteiger partial charge in [-0.15, -0.1) is 0 Å². The highest BCUT2D eigenvalue weighted by Gasteiger charge is 2.21. The summed E-state index contributed by atoms with van der Waals surface area (Å²) in [4.78, 5) is 24.8. The standard InChI is InChI=1S/C19H20BrN7O2/c1-12(14-4-8-16(9-5-14)27(28)29)26(19-24-17(21)23-18(22)25-19)11-10-13-2-6-15(20)7-3-13/h2-9,12H,10-11H2,1H3,(H4,21,22,23,24,25)/t12-/m0/s1. The molecule has 0 radical (unpaired) electrons. The van der Waals surface area contributed by atoms with Crippen LogP contribution < -0.4 is 16.4 Å². The number of nitro benzene ring substituents is 1. The highest BCUT2D eigenvalue weighted by molar-refractivity contribution is 9.10. The van der Waals surface area contributed by atoms with E-state index in [1.807, 2.05) is 36.1 Å². The summed E-state index contributed by atoms with van der Waals surface area (Å²) in [5.41, 5.74) is 13.6. The van der Waals surface area contributed by atoms with Crippen LogP contribution in [0.2, 0.25) is 0 Å². The van der Waals surface area contributed by atoms with Crippen LogP contribution in [0, 0.1) is 10.1 Å². The molecule has 0 aliphatic carbocycles. The Morgan fingerprint density at radius 2 is 1.62 bits per heavy atom. The number of hydrogen-bond acceptors (Lipinski definition) is 8. The molecular formula is C19H20BrN7O2. The largest absolute Gasteiger partial charge is 0.368 e. The Hall–Kier alpha value is -3.27. The molecule has 1 atom stereocenters. The summed E-state index contributed by atoms with van der Waals surface area (Å²) in [5, 5.41) is 10.9. The highest BCUT2D eigenvalue weighted by Crippen LogP contribution is 2.27. The monoisotopic (exact) mass is 457 g/mol. The number of nitro groups is 1. The molecule has 10 heteroatoms. The van der Waals surface area contributed by atoms with Crippen LogP contribution in [0.1, 0.15) is 24.1 Å². The third kappa shape index (κ3) is 5.17. The van der Waals surface area contributed by atoms with Crippen molar-refractivity contribution in [2.24, 2.45) is 0 Å². The van der Waals surface area contributed by atoms with E-state index < -0.39 is 4.92 Å². The first-order chi connectivity index (χ1) is 13.8. The van der Waals surface area contributed by atoms with Crippen LogP contribution >= 0.6 is 15.9 Å². The van der Waals surface area contributed by atoms with Crippen molar-refractivity contribution in [2.75, 3.05) is 22.9 Å². The molecule has 4 N–H and O–H groups in total. The molecule has 150 valence electrons. The van der Waals surface area contributed by atoms with Crippen LogP contribution in [-0.2, 0) is 6.42 Å². The van der Waals surface area contributed by atoms with Crippen molar-refractivity contribution < 1.29 is 4.92 Å². The van der Waals surface area contributed by atoms with E-state index in [4.69, 9.17) is 11.5 Å². The van der Waals surface area contributed by atoms with Crippen molar-refractivity contribution in [3.8, 4) is 0 Å². The van der Waals surface area contributed by atoms with Crippen LogP contribution in [0.5, 0.6) is 0 Å². The van der Waals surface area contributed by atoms with Crippen LogP contribution in [0.15, 0.2) is 53.0 Å². The number of non-ortho nitro benzene ring substituents is 1. The predicted molar refractivity (Wildman–Crippen MR) is 115 cm³/mol. The van der Waals surface area contributed by atoms with Gasteiger partial charge in [0.2, 0.25) is 17.8 Å². The lowest BCUT2D eigenvalue weighted by molar-refractivity contribution is -0.384. The fraction of sp³-hybridized carbons (Fsp3) is 0.211. The summed E-state index contributed by atoms with van der Waals surface area (Å²) < 4.78 is 1.01. The van der Waals surface area contributed by atoms with Crippen LogP contribution in [0.3, 0.4) is 0 Å². The van der Waals surface area contributed by atoms with Gasteiger partial charge in [-0.2, -0.15) is 15.0 Å². The summed E-state index contributed by atoms with van der Waals surface area (Å²) in [6, 6.07) is 14.3. The topological polar surface area (TPSA) is 137 Å². The third-order valence-corrected chi connectivity index (χ3v) is 5.05. The molecule has 3 aromatic rings. The van der Waals surface area contributed by atoms with Gasteiger partial charge in [0, 0.05) is 23.2 Å². The maximum atomic E-state index is 10.9. The maximum Gasteiger partial charge on any atom is 0.269 e. The van der Waals surface area contributed by atoms with Crippen LogP contribution in [0.4, 0.5) is 23.5 Å². The lowest BCUT2D eigenvalue weighted by Crippen LogP contribution is -2.31. The van der Waals surface area contributed by atoms with E-state index in [1.165, 1.54) is 12.1 Å². The van der Waals surface area contributed by atoms with Gasteiger partial charge >= 0.3 is 0 Å². The molecule has 0 fully saturated rings. The number of nitrogen functional groups attached to an aromatic ring is 2. The van der Waals surface area contributed by atoms with Crippen molar-refractivity contribution in [1.29, 1.82) is 0 Å². The van der Waals surface area contributed by atoms with Gasteiger partial charge < -0.3 is 16.4 Å². The molecule has 2 aromatic carbocycles. The van der Waals surface area contributed by atoms with Crippen molar-refractivity contribution in [3.05, 3.63) is 74.2 Å². The minimum Gasteiger partial charge on any atom is -0.368 e. The molecule has 9 nitrogen and oxygen atoms in total. The molecule has 1 aromatic heterocycles. The zero-order chi connectivity index (χ0) is 21.0. The summed E-state index contributed by atoms with van der Waals surface area (Å²) >= 11 is 3.43. The second kappa shape index (κ2) is 8.82. The molecule has 1 heterocycles. The zero-order valence-electron chi connectivity index (χ0n) is 15.7. The fourth-order valence-corrected chi connectivity index (χ4v) is 3.21. The Bertz CT molecular complexity index is 976. The number of nitrogens with two attached hydrogens (primary N) is 2. The van der Waals surface area contributed by atoms with Gasteiger partial charge in [-0.3, -0.25) is 10.1 Å². The van der Waals surface area contributed by atoms with Gasteiger partial charge in [-0.05, 0) is 36.6 Å². The van der Waals surface area contributed by atoms with Gasteiger partial charge in [0.1, 0.15) is 0 Å². The summed E-state index contributed by atoms with van der Waals surface area (Å²) in [7, 11) is 0. The van der Waals surface area contributed by atoms with Crippen molar-refractivity contribution in [2.45, 2.75) is 19.4 Å². The zero-order valence-corrected chi connectivity index (χ0v) is 17.3. The van der Waals surface area contributed by atoms with E-state index >= 15 is 0 Å². The average Bonchev–Trinajstić information content (AvgIpc) is 2.68. The number of rotatable bonds is 7. The second-order valence-electron chi connectivity index (χ2n) is 6.45. The second-order valence-corrected chi connectivity index (χ2v) is 7.36. The molecule has 0 saturated carbocycles. The Kier molecular flexibility index (Phi) is 6.23. The van der Waals surface area contributed by atoms with Crippen molar-refractivity contribution in [3.63, 3.8) is 0 Å². The highest BCUT2D eigenvalue weighted by atomic mass is 79.9. The molecule has 0 aliphatic rings. The maximum absolute atomic E-state index is 10.9. The molecular weight excluding hydrogens is 438 g/mol. The smallest absolute Gasteiger partial charge is 0.269 e. The number of benzene rings is 2. The summed E-state index contributed by atoms with van der Waals surface area (Å²) in [6.07, 6.45) is 0.732. The first-order valence-corrected chi connectivity index (χ1v) is 9.65. The van der Waals surface area contributed by atoms with Gasteiger partial charge in [0.15, 0.2) is 0 Å². The van der Waals surface area contributed by atoms with Gasteiger partial charge in [-0.25, -0.2) is 0 Å². The first kappa shape index (κ1) is 20.5. The number of anilines is 3. The Balaban J connectivity index is 1.90. The molecule has 0 saturated heterocycles. The van der Waals surface area contributed by atoms with E-state index in [9.17, 15) is 10.1 Å². The van der Waals surface area contributed by atoms with Crippen molar-refractivity contribution in [1.82, 2.24) is 15.0 Å². The molecule has 0 aliphatic heterocycles. The predicted octanol–water partition coefficient (Wildman–Crippen LogP) is 3.52. The molecule has 0 amide bonds. The fourth-order valence-electron chi connectivity index (χ4n) is 2.95. The van der Waals surface area contributed by atoms with Crippen LogP contribution in [-0.4, -0.2) is 26.4 Å². The molecule has 3 rings (SSSR count). The molecule has 0 unspecified atom stereocenters. The number of hydrogen-bond donors (Lipinski definition) is 2. The van der Waals surface area contributed by atoms with E-state index in [-0.39, 0.29) is 23.6 Å². The number of aromatic nitrogens is 3. The minimum atomic E-state index is -0.423.